The van der Waals surface area contributed by atoms with Gasteiger partial charge in [0.25, 0.3) is 0 Å². The van der Waals surface area contributed by atoms with Gasteiger partial charge in [0.2, 0.25) is 0 Å². The monoisotopic (exact) mass is 318 g/mol. The van der Waals surface area contributed by atoms with E-state index >= 15 is 0 Å². The lowest BCUT2D eigenvalue weighted by molar-refractivity contribution is -0.129. The second kappa shape index (κ2) is 7.14. The first kappa shape index (κ1) is 14.7. The summed E-state index contributed by atoms with van der Waals surface area (Å²) in [5, 5.41) is 0.674. The Morgan fingerprint density at radius 1 is 1.53 bits per heavy atom. The summed E-state index contributed by atoms with van der Waals surface area (Å²) in [6, 6.07) is 5.67. The Morgan fingerprint density at radius 3 is 2.88 bits per heavy atom. The first-order valence-corrected chi connectivity index (χ1v) is 6.80. The summed E-state index contributed by atoms with van der Waals surface area (Å²) in [5.41, 5.74) is 1.05. The van der Waals surface area contributed by atoms with Crippen molar-refractivity contribution in [2.75, 3.05) is 6.61 Å². The first-order valence-electron chi connectivity index (χ1n) is 5.63. The molecule has 94 valence electrons. The van der Waals surface area contributed by atoms with Crippen LogP contribution in [0.1, 0.15) is 25.8 Å². The molecular weight excluding hydrogens is 303 g/mol. The van der Waals surface area contributed by atoms with Crippen LogP contribution in [0.3, 0.4) is 0 Å². The Hall–Kier alpha value is -0.380. The largest absolute Gasteiger partial charge is 0.371 e. The summed E-state index contributed by atoms with van der Waals surface area (Å²) in [5.74, 6) is 0.124. The van der Waals surface area contributed by atoms with E-state index in [4.69, 9.17) is 16.3 Å². The van der Waals surface area contributed by atoms with Gasteiger partial charge < -0.3 is 4.74 Å². The number of hydrogen-bond donors (Lipinski definition) is 0. The summed E-state index contributed by atoms with van der Waals surface area (Å²) >= 11 is 9.41. The Balaban J connectivity index is 2.56. The molecule has 0 radical (unpaired) electrons. The Labute approximate surface area is 115 Å². The van der Waals surface area contributed by atoms with E-state index in [2.05, 4.69) is 15.9 Å². The van der Waals surface area contributed by atoms with Gasteiger partial charge in [-0.1, -0.05) is 23.7 Å². The molecule has 0 aromatic heterocycles. The Kier molecular flexibility index (Phi) is 6.17. The van der Waals surface area contributed by atoms with Crippen LogP contribution < -0.4 is 0 Å². The summed E-state index contributed by atoms with van der Waals surface area (Å²) in [6.45, 7) is 4.24. The van der Waals surface area contributed by atoms with Crippen LogP contribution in [0.25, 0.3) is 0 Å². The van der Waals surface area contributed by atoms with Gasteiger partial charge in [0.1, 0.15) is 6.10 Å². The third kappa shape index (κ3) is 4.41. The maximum absolute atomic E-state index is 11.7. The number of Topliss-reactive ketones (excluding diaryl/α,β-unsaturated/α-hetero) is 1. The molecule has 1 atom stereocenters. The number of halogens is 2. The minimum absolute atomic E-state index is 0.124. The van der Waals surface area contributed by atoms with Gasteiger partial charge in [-0.25, -0.2) is 0 Å². The number of carbonyl (C=O) groups excluding carboxylic acids is 1. The lowest BCUT2D eigenvalue weighted by Gasteiger charge is -2.11. The zero-order chi connectivity index (χ0) is 12.8. The van der Waals surface area contributed by atoms with Gasteiger partial charge in [-0.2, -0.15) is 0 Å². The highest BCUT2D eigenvalue weighted by molar-refractivity contribution is 9.10. The van der Waals surface area contributed by atoms with E-state index in [-0.39, 0.29) is 11.9 Å². The molecule has 1 unspecified atom stereocenters. The van der Waals surface area contributed by atoms with E-state index in [1.807, 2.05) is 25.1 Å². The van der Waals surface area contributed by atoms with Crippen molar-refractivity contribution < 1.29 is 9.53 Å². The molecule has 0 aliphatic heterocycles. The van der Waals surface area contributed by atoms with Crippen LogP contribution in [0.2, 0.25) is 5.02 Å². The zero-order valence-corrected chi connectivity index (χ0v) is 12.3. The smallest absolute Gasteiger partial charge is 0.161 e. The van der Waals surface area contributed by atoms with Gasteiger partial charge in [-0.3, -0.25) is 4.79 Å². The number of hydrogen-bond acceptors (Lipinski definition) is 2. The molecule has 0 fully saturated rings. The van der Waals surface area contributed by atoms with E-state index in [9.17, 15) is 4.79 Å². The van der Waals surface area contributed by atoms with Crippen molar-refractivity contribution >= 4 is 33.3 Å². The van der Waals surface area contributed by atoms with Gasteiger partial charge in [0, 0.05) is 17.5 Å². The lowest BCUT2D eigenvalue weighted by Crippen LogP contribution is -2.21. The Morgan fingerprint density at radius 2 is 2.24 bits per heavy atom. The fourth-order valence-corrected chi connectivity index (χ4v) is 2.20. The van der Waals surface area contributed by atoms with Crippen molar-refractivity contribution in [3.63, 3.8) is 0 Å². The van der Waals surface area contributed by atoms with E-state index < -0.39 is 0 Å². The SMILES string of the molecule is CCOC(C)C(=O)CCc1cccc(Cl)c1Br. The summed E-state index contributed by atoms with van der Waals surface area (Å²) in [7, 11) is 0. The minimum Gasteiger partial charge on any atom is -0.371 e. The second-order valence-corrected chi connectivity index (χ2v) is 4.98. The van der Waals surface area contributed by atoms with Crippen LogP contribution in [0, 0.1) is 0 Å². The van der Waals surface area contributed by atoms with Gasteiger partial charge >= 0.3 is 0 Å². The molecule has 0 aliphatic carbocycles. The highest BCUT2D eigenvalue weighted by Gasteiger charge is 2.13. The van der Waals surface area contributed by atoms with Gasteiger partial charge in [0.05, 0.1) is 5.02 Å². The van der Waals surface area contributed by atoms with E-state index in [0.717, 1.165) is 10.0 Å². The van der Waals surface area contributed by atoms with Crippen LogP contribution in [0.5, 0.6) is 0 Å². The van der Waals surface area contributed by atoms with Crippen LogP contribution in [0.15, 0.2) is 22.7 Å². The summed E-state index contributed by atoms with van der Waals surface area (Å²) in [6.07, 6.45) is 0.829. The average Bonchev–Trinajstić information content (AvgIpc) is 2.31. The van der Waals surface area contributed by atoms with Crippen molar-refractivity contribution in [2.45, 2.75) is 32.8 Å². The molecule has 0 bridgehead atoms. The predicted molar refractivity (Wildman–Crippen MR) is 73.6 cm³/mol. The molecule has 4 heteroatoms. The molecule has 17 heavy (non-hydrogen) atoms. The second-order valence-electron chi connectivity index (χ2n) is 3.78. The predicted octanol–water partition coefficient (Wildman–Crippen LogP) is 4.03. The number of carbonyl (C=O) groups is 1. The van der Waals surface area contributed by atoms with Crippen LogP contribution in [-0.2, 0) is 16.0 Å². The number of ether oxygens (including phenoxy) is 1. The third-order valence-corrected chi connectivity index (χ3v) is 4.02. The molecular formula is C13H16BrClO2. The summed E-state index contributed by atoms with van der Waals surface area (Å²) in [4.78, 5) is 11.7. The highest BCUT2D eigenvalue weighted by Crippen LogP contribution is 2.27. The lowest BCUT2D eigenvalue weighted by atomic mass is 10.1. The number of benzene rings is 1. The number of rotatable bonds is 6. The third-order valence-electron chi connectivity index (χ3n) is 2.54. The molecule has 1 aromatic rings. The van der Waals surface area contributed by atoms with E-state index in [1.54, 1.807) is 6.92 Å². The molecule has 0 amide bonds. The van der Waals surface area contributed by atoms with Crippen LogP contribution >= 0.6 is 27.5 Å². The van der Waals surface area contributed by atoms with Crippen LogP contribution in [-0.4, -0.2) is 18.5 Å². The number of aryl methyl sites for hydroxylation is 1. The van der Waals surface area contributed by atoms with Gasteiger partial charge in [-0.15, -0.1) is 0 Å². The van der Waals surface area contributed by atoms with Crippen molar-refractivity contribution in [2.24, 2.45) is 0 Å². The topological polar surface area (TPSA) is 26.3 Å². The van der Waals surface area contributed by atoms with Crippen LogP contribution in [0.4, 0.5) is 0 Å². The average molecular weight is 320 g/mol. The maximum atomic E-state index is 11.7. The Bertz CT molecular complexity index is 393. The quantitative estimate of drug-likeness (QED) is 0.791. The number of ketones is 1. The molecule has 1 rings (SSSR count). The molecule has 0 aliphatic rings. The fourth-order valence-electron chi connectivity index (χ4n) is 1.55. The fraction of sp³-hybridized carbons (Fsp3) is 0.462. The molecule has 1 aromatic carbocycles. The minimum atomic E-state index is -0.321. The molecule has 0 heterocycles. The van der Waals surface area contributed by atoms with E-state index in [1.165, 1.54) is 0 Å². The van der Waals surface area contributed by atoms with Crippen molar-refractivity contribution in [1.29, 1.82) is 0 Å². The molecule has 0 saturated carbocycles. The molecule has 0 spiro atoms. The molecule has 0 saturated heterocycles. The maximum Gasteiger partial charge on any atom is 0.161 e. The van der Waals surface area contributed by atoms with Crippen molar-refractivity contribution in [3.8, 4) is 0 Å². The standard InChI is InChI=1S/C13H16BrClO2/c1-3-17-9(2)12(16)8-7-10-5-4-6-11(15)13(10)14/h4-6,9H,3,7-8H2,1-2H3. The van der Waals surface area contributed by atoms with E-state index in [0.29, 0.717) is 24.5 Å². The normalized spacial score (nSPS) is 12.5. The molecule has 2 nitrogen and oxygen atoms in total. The zero-order valence-electron chi connectivity index (χ0n) is 10.0. The van der Waals surface area contributed by atoms with Gasteiger partial charge in [-0.05, 0) is 47.8 Å². The van der Waals surface area contributed by atoms with Gasteiger partial charge in [0.15, 0.2) is 5.78 Å². The van der Waals surface area contributed by atoms with Crippen molar-refractivity contribution in [3.05, 3.63) is 33.3 Å². The highest BCUT2D eigenvalue weighted by atomic mass is 79.9. The molecule has 0 N–H and O–H groups in total. The van der Waals surface area contributed by atoms with Crippen molar-refractivity contribution in [1.82, 2.24) is 0 Å². The summed E-state index contributed by atoms with van der Waals surface area (Å²) < 4.78 is 6.13. The first-order chi connectivity index (χ1) is 8.06.